The molecule has 0 saturated heterocycles. The molecule has 7 nitrogen and oxygen atoms in total. The fraction of sp³-hybridized carbons (Fsp3) is 0.136. The van der Waals surface area contributed by atoms with Crippen LogP contribution in [0.1, 0.15) is 6.92 Å². The summed E-state index contributed by atoms with van der Waals surface area (Å²) in [6.45, 7) is 1.99. The van der Waals surface area contributed by atoms with E-state index in [0.717, 1.165) is 5.56 Å². The van der Waals surface area contributed by atoms with Crippen LogP contribution >= 0.6 is 0 Å². The molecule has 0 aliphatic rings. The number of nitrogens with zero attached hydrogens (tertiary/aromatic N) is 5. The highest BCUT2D eigenvalue weighted by molar-refractivity contribution is 5.79. The maximum atomic E-state index is 14.8. The average Bonchev–Trinajstić information content (AvgIpc) is 3.30. The monoisotopic (exact) mass is 403 g/mol. The SMILES string of the molecule is CCn1c(=O)c2c(nc3n(-c4ccccc4F)c(-c4ccccc4)cn23)n(C)c1=O. The molecule has 2 aromatic carbocycles. The van der Waals surface area contributed by atoms with Crippen molar-refractivity contribution in [3.8, 4) is 16.9 Å². The Bertz CT molecular complexity index is 1540. The predicted molar refractivity (Wildman–Crippen MR) is 113 cm³/mol. The van der Waals surface area contributed by atoms with Gasteiger partial charge in [-0.2, -0.15) is 4.98 Å². The number of aryl methyl sites for hydroxylation is 1. The van der Waals surface area contributed by atoms with E-state index in [0.29, 0.717) is 17.2 Å². The molecule has 0 spiro atoms. The molecule has 0 aliphatic heterocycles. The lowest BCUT2D eigenvalue weighted by molar-refractivity contribution is 0.619. The lowest BCUT2D eigenvalue weighted by Crippen LogP contribution is -2.38. The van der Waals surface area contributed by atoms with Crippen LogP contribution in [0.5, 0.6) is 0 Å². The van der Waals surface area contributed by atoms with Crippen molar-refractivity contribution in [1.29, 1.82) is 0 Å². The quantitative estimate of drug-likeness (QED) is 0.465. The van der Waals surface area contributed by atoms with Crippen LogP contribution in [0.15, 0.2) is 70.4 Å². The van der Waals surface area contributed by atoms with Gasteiger partial charge in [0.2, 0.25) is 5.78 Å². The first-order valence-corrected chi connectivity index (χ1v) is 9.56. The van der Waals surface area contributed by atoms with Gasteiger partial charge in [-0.3, -0.25) is 22.9 Å². The Hall–Kier alpha value is -3.94. The van der Waals surface area contributed by atoms with Gasteiger partial charge in [-0.15, -0.1) is 0 Å². The third-order valence-electron chi connectivity index (χ3n) is 5.33. The molecule has 5 rings (SSSR count). The third-order valence-corrected chi connectivity index (χ3v) is 5.33. The smallest absolute Gasteiger partial charge is 0.279 e. The first kappa shape index (κ1) is 18.1. The lowest BCUT2D eigenvalue weighted by Gasteiger charge is -2.10. The standard InChI is InChI=1S/C22H18FN5O2/c1-3-26-20(29)18-19(25(2)22(26)30)24-21-27(18)13-17(14-9-5-4-6-10-14)28(21)16-12-8-7-11-15(16)23/h4-13H,3H2,1-2H3. The second kappa shape index (κ2) is 6.55. The Morgan fingerprint density at radius 1 is 1.00 bits per heavy atom. The van der Waals surface area contributed by atoms with Crippen molar-refractivity contribution < 1.29 is 4.39 Å². The van der Waals surface area contributed by atoms with Gasteiger partial charge in [-0.05, 0) is 19.1 Å². The topological polar surface area (TPSA) is 66.2 Å². The molecule has 150 valence electrons. The number of hydrogen-bond donors (Lipinski definition) is 0. The summed E-state index contributed by atoms with van der Waals surface area (Å²) in [5.41, 5.74) is 1.52. The molecule has 5 aromatic rings. The molecule has 0 N–H and O–H groups in total. The van der Waals surface area contributed by atoms with E-state index in [4.69, 9.17) is 0 Å². The van der Waals surface area contributed by atoms with Crippen LogP contribution in [0, 0.1) is 5.82 Å². The van der Waals surface area contributed by atoms with Crippen molar-refractivity contribution >= 4 is 16.9 Å². The molecule has 0 aliphatic carbocycles. The van der Waals surface area contributed by atoms with Gasteiger partial charge >= 0.3 is 5.69 Å². The van der Waals surface area contributed by atoms with E-state index in [-0.39, 0.29) is 17.7 Å². The first-order chi connectivity index (χ1) is 14.5. The van der Waals surface area contributed by atoms with Crippen molar-refractivity contribution in [2.24, 2.45) is 7.05 Å². The lowest BCUT2D eigenvalue weighted by atomic mass is 10.1. The number of benzene rings is 2. The summed E-state index contributed by atoms with van der Waals surface area (Å²) < 4.78 is 20.6. The highest BCUT2D eigenvalue weighted by Crippen LogP contribution is 2.29. The van der Waals surface area contributed by atoms with Crippen LogP contribution < -0.4 is 11.2 Å². The van der Waals surface area contributed by atoms with Crippen LogP contribution in [0.3, 0.4) is 0 Å². The van der Waals surface area contributed by atoms with E-state index in [1.54, 1.807) is 47.3 Å². The van der Waals surface area contributed by atoms with Crippen LogP contribution in [0.2, 0.25) is 0 Å². The Kier molecular flexibility index (Phi) is 3.95. The van der Waals surface area contributed by atoms with E-state index >= 15 is 0 Å². The van der Waals surface area contributed by atoms with Gasteiger partial charge in [0.25, 0.3) is 5.56 Å². The van der Waals surface area contributed by atoms with Gasteiger partial charge < -0.3 is 0 Å². The molecule has 3 heterocycles. The Morgan fingerprint density at radius 2 is 1.70 bits per heavy atom. The molecule has 8 heteroatoms. The van der Waals surface area contributed by atoms with Crippen molar-refractivity contribution in [2.75, 3.05) is 0 Å². The predicted octanol–water partition coefficient (Wildman–Crippen LogP) is 2.96. The summed E-state index contributed by atoms with van der Waals surface area (Å²) in [6.07, 6.45) is 1.76. The summed E-state index contributed by atoms with van der Waals surface area (Å²) >= 11 is 0. The summed E-state index contributed by atoms with van der Waals surface area (Å²) in [7, 11) is 1.58. The normalized spacial score (nSPS) is 11.6. The number of rotatable bonds is 3. The van der Waals surface area contributed by atoms with Gasteiger partial charge in [0.15, 0.2) is 11.2 Å². The number of para-hydroxylation sites is 1. The zero-order valence-corrected chi connectivity index (χ0v) is 16.4. The van der Waals surface area contributed by atoms with Crippen LogP contribution in [-0.4, -0.2) is 23.1 Å². The molecule has 0 unspecified atom stereocenters. The maximum Gasteiger partial charge on any atom is 0.332 e. The van der Waals surface area contributed by atoms with E-state index in [2.05, 4.69) is 4.98 Å². The maximum absolute atomic E-state index is 14.8. The van der Waals surface area contributed by atoms with E-state index < -0.39 is 17.1 Å². The fourth-order valence-corrected chi connectivity index (χ4v) is 3.86. The van der Waals surface area contributed by atoms with Crippen LogP contribution in [-0.2, 0) is 13.6 Å². The van der Waals surface area contributed by atoms with E-state index in [1.807, 2.05) is 30.3 Å². The second-order valence-electron chi connectivity index (χ2n) is 7.01. The fourth-order valence-electron chi connectivity index (χ4n) is 3.86. The zero-order valence-electron chi connectivity index (χ0n) is 16.4. The summed E-state index contributed by atoms with van der Waals surface area (Å²) in [4.78, 5) is 30.2. The third kappa shape index (κ3) is 2.40. The number of hydrogen-bond acceptors (Lipinski definition) is 3. The number of imidazole rings is 2. The second-order valence-corrected chi connectivity index (χ2v) is 7.01. The summed E-state index contributed by atoms with van der Waals surface area (Å²) in [5.74, 6) is -0.0606. The Labute approximate surface area is 169 Å². The van der Waals surface area contributed by atoms with Gasteiger partial charge in [0, 0.05) is 25.4 Å². The molecule has 0 amide bonds. The average molecular weight is 403 g/mol. The van der Waals surface area contributed by atoms with Gasteiger partial charge in [-0.25, -0.2) is 9.18 Å². The molecule has 0 atom stereocenters. The number of aromatic nitrogens is 5. The van der Waals surface area contributed by atoms with Crippen molar-refractivity contribution in [3.05, 3.63) is 87.4 Å². The molecule has 0 saturated carbocycles. The van der Waals surface area contributed by atoms with Crippen molar-refractivity contribution in [3.63, 3.8) is 0 Å². The molecular formula is C22H18FN5O2. The number of fused-ring (bicyclic) bond motifs is 3. The Morgan fingerprint density at radius 3 is 2.40 bits per heavy atom. The largest absolute Gasteiger partial charge is 0.332 e. The van der Waals surface area contributed by atoms with Crippen LogP contribution in [0.4, 0.5) is 4.39 Å². The zero-order chi connectivity index (χ0) is 21.0. The molecule has 3 aromatic heterocycles. The molecule has 30 heavy (non-hydrogen) atoms. The van der Waals surface area contributed by atoms with Crippen molar-refractivity contribution in [2.45, 2.75) is 13.5 Å². The minimum absolute atomic E-state index is 0.244. The van der Waals surface area contributed by atoms with Crippen LogP contribution in [0.25, 0.3) is 33.9 Å². The van der Waals surface area contributed by atoms with Gasteiger partial charge in [0.05, 0.1) is 11.4 Å². The number of halogens is 1. The molecule has 0 radical (unpaired) electrons. The molecule has 0 bridgehead atoms. The molecule has 0 fully saturated rings. The minimum atomic E-state index is -0.434. The minimum Gasteiger partial charge on any atom is -0.279 e. The van der Waals surface area contributed by atoms with Gasteiger partial charge in [-0.1, -0.05) is 42.5 Å². The first-order valence-electron chi connectivity index (χ1n) is 9.56. The van der Waals surface area contributed by atoms with E-state index in [9.17, 15) is 14.0 Å². The summed E-state index contributed by atoms with van der Waals surface area (Å²) in [5, 5.41) is 0. The van der Waals surface area contributed by atoms with Gasteiger partial charge in [0.1, 0.15) is 5.82 Å². The molecular weight excluding hydrogens is 385 g/mol. The highest BCUT2D eigenvalue weighted by atomic mass is 19.1. The van der Waals surface area contributed by atoms with E-state index in [1.165, 1.54) is 15.2 Å². The van der Waals surface area contributed by atoms with Crippen molar-refractivity contribution in [1.82, 2.24) is 23.1 Å². The Balaban J connectivity index is 2.00. The summed E-state index contributed by atoms with van der Waals surface area (Å²) in [6, 6.07) is 15.9. The highest BCUT2D eigenvalue weighted by Gasteiger charge is 2.23.